The van der Waals surface area contributed by atoms with E-state index in [1.807, 2.05) is 0 Å². The highest BCUT2D eigenvalue weighted by Crippen LogP contribution is 2.29. The molecule has 2 aromatic rings. The molecule has 0 saturated carbocycles. The highest BCUT2D eigenvalue weighted by atomic mass is 32.2. The van der Waals surface area contributed by atoms with E-state index in [0.29, 0.717) is 24.2 Å². The fraction of sp³-hybridized carbons (Fsp3) is 0.360. The van der Waals surface area contributed by atoms with Crippen molar-refractivity contribution < 1.29 is 18.8 Å². The summed E-state index contributed by atoms with van der Waals surface area (Å²) in [4.78, 5) is 43.6. The number of amides is 3. The first-order valence-corrected chi connectivity index (χ1v) is 12.3. The Kier molecular flexibility index (Phi) is 7.95. The van der Waals surface area contributed by atoms with Crippen LogP contribution in [0.4, 0.5) is 10.1 Å². The van der Waals surface area contributed by atoms with Gasteiger partial charge in [0.05, 0.1) is 0 Å². The zero-order valence-electron chi connectivity index (χ0n) is 18.8. The largest absolute Gasteiger partial charge is 0.352 e. The van der Waals surface area contributed by atoms with E-state index in [4.69, 9.17) is 0 Å². The van der Waals surface area contributed by atoms with Gasteiger partial charge in [0.1, 0.15) is 11.1 Å². The van der Waals surface area contributed by atoms with Crippen LogP contribution in [-0.4, -0.2) is 52.7 Å². The molecule has 0 aromatic heterocycles. The first kappa shape index (κ1) is 23.9. The lowest BCUT2D eigenvalue weighted by molar-refractivity contribution is -0.121. The number of nitrogens with zero attached hydrogens (tertiary/aromatic N) is 2. The zero-order valence-corrected chi connectivity index (χ0v) is 19.6. The molecule has 0 aliphatic carbocycles. The van der Waals surface area contributed by atoms with Crippen molar-refractivity contribution in [3.63, 3.8) is 0 Å². The third-order valence-corrected chi connectivity index (χ3v) is 6.96. The Labute approximate surface area is 202 Å². The number of hydrogen-bond donors (Lipinski definition) is 2. The zero-order chi connectivity index (χ0) is 23.9. The van der Waals surface area contributed by atoms with Gasteiger partial charge >= 0.3 is 0 Å². The molecular formula is C25H27FN4O3S. The van der Waals surface area contributed by atoms with E-state index in [1.54, 1.807) is 36.4 Å². The maximum Gasteiger partial charge on any atom is 0.262 e. The Morgan fingerprint density at radius 1 is 1.09 bits per heavy atom. The second kappa shape index (κ2) is 11.3. The molecule has 2 aliphatic heterocycles. The van der Waals surface area contributed by atoms with Crippen LogP contribution in [0, 0.1) is 5.82 Å². The number of hydrogen-bond acceptors (Lipinski definition) is 5. The summed E-state index contributed by atoms with van der Waals surface area (Å²) in [5.74, 6) is -1.12. The average Bonchev–Trinajstić information content (AvgIpc) is 3.21. The maximum atomic E-state index is 13.0. The fourth-order valence-electron chi connectivity index (χ4n) is 3.92. The lowest BCUT2D eigenvalue weighted by atomic mass is 10.1. The molecule has 4 rings (SSSR count). The molecule has 178 valence electrons. The summed E-state index contributed by atoms with van der Waals surface area (Å²) < 4.78 is 13.0. The van der Waals surface area contributed by atoms with E-state index in [1.165, 1.54) is 30.3 Å². The number of likely N-dealkylation sites (tertiary alicyclic amines) is 1. The van der Waals surface area contributed by atoms with Crippen LogP contribution >= 0.6 is 11.8 Å². The van der Waals surface area contributed by atoms with Crippen LogP contribution in [0.1, 0.15) is 41.6 Å². The molecule has 1 unspecified atom stereocenters. The van der Waals surface area contributed by atoms with Gasteiger partial charge in [0.2, 0.25) is 5.91 Å². The molecule has 0 spiro atoms. The molecule has 2 N–H and O–H groups in total. The van der Waals surface area contributed by atoms with E-state index < -0.39 is 5.25 Å². The molecule has 3 amide bonds. The van der Waals surface area contributed by atoms with Crippen molar-refractivity contribution in [3.05, 3.63) is 65.5 Å². The second-order valence-electron chi connectivity index (χ2n) is 8.35. The fourth-order valence-corrected chi connectivity index (χ4v) is 5.04. The summed E-state index contributed by atoms with van der Waals surface area (Å²) >= 11 is 1.36. The lowest BCUT2D eigenvalue weighted by Gasteiger charge is -2.27. The highest BCUT2D eigenvalue weighted by Gasteiger charge is 2.33. The predicted octanol–water partition coefficient (Wildman–Crippen LogP) is 3.61. The molecule has 0 radical (unpaired) electrons. The van der Waals surface area contributed by atoms with Gasteiger partial charge in [0, 0.05) is 37.3 Å². The van der Waals surface area contributed by atoms with Gasteiger partial charge in [-0.05, 0) is 61.6 Å². The Morgan fingerprint density at radius 3 is 2.62 bits per heavy atom. The number of nitrogens with one attached hydrogen (secondary N) is 2. The number of amidine groups is 1. The number of rotatable bonds is 7. The van der Waals surface area contributed by atoms with Crippen LogP contribution in [0.2, 0.25) is 0 Å². The molecule has 9 heteroatoms. The SMILES string of the molecule is O=C(CC1SC(N2CCCCC2)=NC1=O)Nc1cccc(C(=O)NCCc2ccc(F)cc2)c1. The summed E-state index contributed by atoms with van der Waals surface area (Å²) in [5, 5.41) is 5.82. The molecule has 2 aliphatic rings. The summed E-state index contributed by atoms with van der Waals surface area (Å²) in [5.41, 5.74) is 1.83. The van der Waals surface area contributed by atoms with Crippen molar-refractivity contribution in [2.45, 2.75) is 37.4 Å². The Balaban J connectivity index is 1.25. The Bertz CT molecular complexity index is 1080. The van der Waals surface area contributed by atoms with Gasteiger partial charge in [-0.15, -0.1) is 0 Å². The molecule has 34 heavy (non-hydrogen) atoms. The van der Waals surface area contributed by atoms with Crippen LogP contribution in [0.5, 0.6) is 0 Å². The van der Waals surface area contributed by atoms with Crippen molar-refractivity contribution in [2.24, 2.45) is 4.99 Å². The molecule has 7 nitrogen and oxygen atoms in total. The van der Waals surface area contributed by atoms with Crippen LogP contribution in [0.3, 0.4) is 0 Å². The number of piperidine rings is 1. The highest BCUT2D eigenvalue weighted by molar-refractivity contribution is 8.15. The lowest BCUT2D eigenvalue weighted by Crippen LogP contribution is -2.33. The smallest absolute Gasteiger partial charge is 0.262 e. The number of carbonyl (C=O) groups is 3. The minimum Gasteiger partial charge on any atom is -0.352 e. The van der Waals surface area contributed by atoms with Gasteiger partial charge < -0.3 is 15.5 Å². The van der Waals surface area contributed by atoms with Crippen LogP contribution in [-0.2, 0) is 16.0 Å². The number of halogens is 1. The molecule has 2 aromatic carbocycles. The molecule has 1 saturated heterocycles. The normalized spacial score (nSPS) is 17.9. The van der Waals surface area contributed by atoms with Gasteiger partial charge in [-0.2, -0.15) is 4.99 Å². The first-order chi connectivity index (χ1) is 16.5. The van der Waals surface area contributed by atoms with Crippen molar-refractivity contribution in [2.75, 3.05) is 25.0 Å². The number of aliphatic imine (C=N–C) groups is 1. The monoisotopic (exact) mass is 482 g/mol. The minimum absolute atomic E-state index is 0.0262. The van der Waals surface area contributed by atoms with Crippen molar-refractivity contribution in [1.29, 1.82) is 0 Å². The summed E-state index contributed by atoms with van der Waals surface area (Å²) in [6.45, 7) is 2.20. The molecule has 1 atom stereocenters. The van der Waals surface area contributed by atoms with Crippen LogP contribution in [0.25, 0.3) is 0 Å². The topological polar surface area (TPSA) is 90.9 Å². The number of thioether (sulfide) groups is 1. The standard InChI is InChI=1S/C25H27FN4O3S/c26-19-9-7-17(8-10-19)11-12-27-23(32)18-5-4-6-20(15-18)28-22(31)16-21-24(33)29-25(34-21)30-13-2-1-3-14-30/h4-10,15,21H,1-3,11-14,16H2,(H,27,32)(H,28,31). The minimum atomic E-state index is -0.519. The van der Waals surface area contributed by atoms with Crippen molar-refractivity contribution in [3.8, 4) is 0 Å². The van der Waals surface area contributed by atoms with Gasteiger partial charge in [-0.1, -0.05) is 30.0 Å². The summed E-state index contributed by atoms with van der Waals surface area (Å²) in [6, 6.07) is 12.8. The third-order valence-electron chi connectivity index (χ3n) is 5.75. The van der Waals surface area contributed by atoms with Crippen molar-refractivity contribution in [1.82, 2.24) is 10.2 Å². The first-order valence-electron chi connectivity index (χ1n) is 11.4. The van der Waals surface area contributed by atoms with E-state index in [9.17, 15) is 18.8 Å². The number of carbonyl (C=O) groups excluding carboxylic acids is 3. The summed E-state index contributed by atoms with van der Waals surface area (Å²) in [7, 11) is 0. The maximum absolute atomic E-state index is 13.0. The summed E-state index contributed by atoms with van der Waals surface area (Å²) in [6.07, 6.45) is 3.99. The van der Waals surface area contributed by atoms with E-state index in [2.05, 4.69) is 20.5 Å². The Hall–Kier alpha value is -3.20. The molecule has 2 heterocycles. The van der Waals surface area contributed by atoms with Crippen LogP contribution in [0.15, 0.2) is 53.5 Å². The van der Waals surface area contributed by atoms with Crippen molar-refractivity contribution >= 4 is 40.3 Å². The van der Waals surface area contributed by atoms with E-state index >= 15 is 0 Å². The van der Waals surface area contributed by atoms with E-state index in [0.717, 1.165) is 36.7 Å². The molecular weight excluding hydrogens is 455 g/mol. The Morgan fingerprint density at radius 2 is 1.85 bits per heavy atom. The third kappa shape index (κ3) is 6.44. The van der Waals surface area contributed by atoms with Gasteiger partial charge in [-0.3, -0.25) is 14.4 Å². The van der Waals surface area contributed by atoms with Gasteiger partial charge in [0.25, 0.3) is 11.8 Å². The van der Waals surface area contributed by atoms with E-state index in [-0.39, 0.29) is 30.0 Å². The average molecular weight is 483 g/mol. The number of benzene rings is 2. The second-order valence-corrected chi connectivity index (χ2v) is 9.52. The van der Waals surface area contributed by atoms with Gasteiger partial charge in [-0.25, -0.2) is 4.39 Å². The molecule has 1 fully saturated rings. The quantitative estimate of drug-likeness (QED) is 0.629. The number of anilines is 1. The molecule has 0 bridgehead atoms. The van der Waals surface area contributed by atoms with Gasteiger partial charge in [0.15, 0.2) is 5.17 Å². The van der Waals surface area contributed by atoms with Crippen LogP contribution < -0.4 is 10.6 Å². The predicted molar refractivity (Wildman–Crippen MR) is 131 cm³/mol.